The van der Waals surface area contributed by atoms with Crippen LogP contribution in [0.1, 0.15) is 19.3 Å². The Hall–Kier alpha value is -2.00. The maximum atomic E-state index is 12.6. The fourth-order valence-electron chi connectivity index (χ4n) is 4.07. The second-order valence-electron chi connectivity index (χ2n) is 7.68. The lowest BCUT2D eigenvalue weighted by molar-refractivity contribution is -0.116. The minimum Gasteiger partial charge on any atom is -0.325 e. The van der Waals surface area contributed by atoms with E-state index in [1.165, 1.54) is 0 Å². The summed E-state index contributed by atoms with van der Waals surface area (Å²) < 4.78 is 28.5. The van der Waals surface area contributed by atoms with E-state index >= 15 is 0 Å². The van der Waals surface area contributed by atoms with Crippen molar-refractivity contribution in [2.45, 2.75) is 19.3 Å². The zero-order valence-corrected chi connectivity index (χ0v) is 17.4. The highest BCUT2D eigenvalue weighted by Gasteiger charge is 2.33. The van der Waals surface area contributed by atoms with Crippen LogP contribution in [0.15, 0.2) is 42.5 Å². The number of fused-ring (bicyclic) bond motifs is 1. The van der Waals surface area contributed by atoms with Gasteiger partial charge in [0.15, 0.2) is 0 Å². The fourth-order valence-corrected chi connectivity index (χ4v) is 5.74. The molecule has 0 radical (unpaired) electrons. The zero-order valence-electron chi connectivity index (χ0n) is 16.6. The molecule has 7 nitrogen and oxygen atoms in total. The second-order valence-corrected chi connectivity index (χ2v) is 9.61. The third kappa shape index (κ3) is 4.61. The first-order valence-corrected chi connectivity index (χ1v) is 11.7. The van der Waals surface area contributed by atoms with Crippen LogP contribution in [-0.4, -0.2) is 73.6 Å². The van der Waals surface area contributed by atoms with Gasteiger partial charge >= 0.3 is 0 Å². The number of carbonyl (C=O) groups is 1. The molecule has 0 aliphatic carbocycles. The molecule has 29 heavy (non-hydrogen) atoms. The summed E-state index contributed by atoms with van der Waals surface area (Å²) in [5.41, 5.74) is 0.828. The molecule has 2 heterocycles. The maximum Gasteiger partial charge on any atom is 0.282 e. The van der Waals surface area contributed by atoms with Gasteiger partial charge in [-0.15, -0.1) is 0 Å². The van der Waals surface area contributed by atoms with Crippen LogP contribution in [0.3, 0.4) is 0 Å². The predicted octanol–water partition coefficient (Wildman–Crippen LogP) is 2.13. The van der Waals surface area contributed by atoms with E-state index in [1.54, 1.807) is 8.61 Å². The molecule has 0 bridgehead atoms. The van der Waals surface area contributed by atoms with Crippen molar-refractivity contribution in [3.63, 3.8) is 0 Å². The first-order chi connectivity index (χ1) is 14.0. The summed E-state index contributed by atoms with van der Waals surface area (Å²) >= 11 is 0. The van der Waals surface area contributed by atoms with E-state index in [0.29, 0.717) is 52.2 Å². The molecule has 2 saturated heterocycles. The molecule has 4 rings (SSSR count). The summed E-state index contributed by atoms with van der Waals surface area (Å²) in [5, 5.41) is 5.15. The van der Waals surface area contributed by atoms with Gasteiger partial charge in [-0.1, -0.05) is 36.4 Å². The topological polar surface area (TPSA) is 73.0 Å². The van der Waals surface area contributed by atoms with Gasteiger partial charge in [-0.3, -0.25) is 4.79 Å². The first kappa shape index (κ1) is 20.3. The molecular weight excluding hydrogens is 388 g/mol. The van der Waals surface area contributed by atoms with E-state index in [9.17, 15) is 13.2 Å². The Bertz CT molecular complexity index is 960. The summed E-state index contributed by atoms with van der Waals surface area (Å²) in [5.74, 6) is -0.0199. The highest BCUT2D eigenvalue weighted by Crippen LogP contribution is 2.23. The number of amides is 1. The van der Waals surface area contributed by atoms with Gasteiger partial charge in [0.2, 0.25) is 5.91 Å². The predicted molar refractivity (Wildman–Crippen MR) is 115 cm³/mol. The molecule has 0 atom stereocenters. The molecule has 2 aliphatic rings. The minimum atomic E-state index is -3.32. The smallest absolute Gasteiger partial charge is 0.282 e. The van der Waals surface area contributed by atoms with Crippen LogP contribution in [0, 0.1) is 0 Å². The Morgan fingerprint density at radius 3 is 2.28 bits per heavy atom. The number of anilines is 1. The normalized spacial score (nSPS) is 19.6. The van der Waals surface area contributed by atoms with Crippen molar-refractivity contribution >= 4 is 32.6 Å². The van der Waals surface area contributed by atoms with Gasteiger partial charge in [-0.2, -0.15) is 17.0 Å². The van der Waals surface area contributed by atoms with Crippen LogP contribution in [0.5, 0.6) is 0 Å². The van der Waals surface area contributed by atoms with E-state index in [-0.39, 0.29) is 5.91 Å². The highest BCUT2D eigenvalue weighted by atomic mass is 32.2. The Morgan fingerprint density at radius 1 is 0.862 bits per heavy atom. The molecule has 8 heteroatoms. The van der Waals surface area contributed by atoms with Gasteiger partial charge in [0.05, 0.1) is 0 Å². The van der Waals surface area contributed by atoms with Crippen LogP contribution in [0.25, 0.3) is 10.8 Å². The molecular formula is C21H28N4O3S. The van der Waals surface area contributed by atoms with Crippen molar-refractivity contribution in [1.82, 2.24) is 13.5 Å². The third-order valence-electron chi connectivity index (χ3n) is 5.77. The van der Waals surface area contributed by atoms with Gasteiger partial charge in [-0.25, -0.2) is 0 Å². The molecule has 1 N–H and O–H groups in total. The number of nitrogens with one attached hydrogen (secondary N) is 1. The lowest BCUT2D eigenvalue weighted by Crippen LogP contribution is -2.52. The van der Waals surface area contributed by atoms with Gasteiger partial charge in [0.25, 0.3) is 10.2 Å². The SMILES string of the molecule is O=C(CCN1CCN(S(=O)(=O)N2CCCC2)CC1)Nc1cccc2ccccc12. The number of rotatable bonds is 6. The van der Waals surface area contributed by atoms with Crippen LogP contribution in [-0.2, 0) is 15.0 Å². The lowest BCUT2D eigenvalue weighted by atomic mass is 10.1. The largest absolute Gasteiger partial charge is 0.325 e. The van der Waals surface area contributed by atoms with Crippen molar-refractivity contribution < 1.29 is 13.2 Å². The number of piperazine rings is 1. The van der Waals surface area contributed by atoms with Crippen LogP contribution >= 0.6 is 0 Å². The van der Waals surface area contributed by atoms with E-state index in [1.807, 2.05) is 42.5 Å². The van der Waals surface area contributed by atoms with Crippen LogP contribution < -0.4 is 5.32 Å². The number of hydrogen-bond donors (Lipinski definition) is 1. The molecule has 1 amide bonds. The summed E-state index contributed by atoms with van der Waals surface area (Å²) in [6.07, 6.45) is 2.29. The fraction of sp³-hybridized carbons (Fsp3) is 0.476. The molecule has 2 aromatic rings. The molecule has 0 aromatic heterocycles. The summed E-state index contributed by atoms with van der Waals surface area (Å²) in [6, 6.07) is 13.9. The van der Waals surface area contributed by atoms with E-state index < -0.39 is 10.2 Å². The second kappa shape index (κ2) is 8.79. The van der Waals surface area contributed by atoms with Crippen molar-refractivity contribution in [3.8, 4) is 0 Å². The molecule has 0 saturated carbocycles. The third-order valence-corrected chi connectivity index (χ3v) is 7.80. The van der Waals surface area contributed by atoms with Crippen LogP contribution in [0.2, 0.25) is 0 Å². The zero-order chi connectivity index (χ0) is 20.3. The van der Waals surface area contributed by atoms with Crippen molar-refractivity contribution in [3.05, 3.63) is 42.5 Å². The molecule has 2 aromatic carbocycles. The molecule has 0 spiro atoms. The number of hydrogen-bond acceptors (Lipinski definition) is 4. The standard InChI is InChI=1S/C21H28N4O3S/c26-21(22-20-9-5-7-18-6-1-2-8-19(18)20)10-13-23-14-16-25(17-15-23)29(27,28)24-11-3-4-12-24/h1-2,5-9H,3-4,10-17H2,(H,22,26). The summed E-state index contributed by atoms with van der Waals surface area (Å²) in [6.45, 7) is 4.21. The molecule has 156 valence electrons. The molecule has 2 fully saturated rings. The highest BCUT2D eigenvalue weighted by molar-refractivity contribution is 7.86. The number of benzene rings is 2. The Kier molecular flexibility index (Phi) is 6.15. The number of nitrogens with zero attached hydrogens (tertiary/aromatic N) is 3. The maximum absolute atomic E-state index is 12.6. The summed E-state index contributed by atoms with van der Waals surface area (Å²) in [4.78, 5) is 14.6. The van der Waals surface area contributed by atoms with E-state index in [4.69, 9.17) is 0 Å². The van der Waals surface area contributed by atoms with E-state index in [2.05, 4.69) is 10.2 Å². The Morgan fingerprint density at radius 2 is 1.52 bits per heavy atom. The number of carbonyl (C=O) groups excluding carboxylic acids is 1. The molecule has 0 unspecified atom stereocenters. The van der Waals surface area contributed by atoms with Gasteiger partial charge in [0.1, 0.15) is 0 Å². The van der Waals surface area contributed by atoms with E-state index in [0.717, 1.165) is 29.3 Å². The van der Waals surface area contributed by atoms with Crippen LogP contribution in [0.4, 0.5) is 5.69 Å². The van der Waals surface area contributed by atoms with Gasteiger partial charge < -0.3 is 10.2 Å². The quantitative estimate of drug-likeness (QED) is 0.783. The summed E-state index contributed by atoms with van der Waals surface area (Å²) in [7, 11) is -3.32. The van der Waals surface area contributed by atoms with Gasteiger partial charge in [-0.05, 0) is 24.3 Å². The van der Waals surface area contributed by atoms with Crippen molar-refractivity contribution in [1.29, 1.82) is 0 Å². The minimum absolute atomic E-state index is 0.0199. The monoisotopic (exact) mass is 416 g/mol. The average Bonchev–Trinajstić information content (AvgIpc) is 3.29. The van der Waals surface area contributed by atoms with Crippen molar-refractivity contribution in [2.24, 2.45) is 0 Å². The Labute approximate surface area is 172 Å². The Balaban J connectivity index is 1.26. The van der Waals surface area contributed by atoms with Crippen molar-refractivity contribution in [2.75, 3.05) is 51.1 Å². The first-order valence-electron chi connectivity index (χ1n) is 10.3. The molecule has 2 aliphatic heterocycles. The average molecular weight is 417 g/mol. The van der Waals surface area contributed by atoms with Gasteiger partial charge in [0, 0.05) is 63.3 Å². The lowest BCUT2D eigenvalue weighted by Gasteiger charge is -2.35.